The van der Waals surface area contributed by atoms with Gasteiger partial charge in [0, 0.05) is 12.1 Å². The zero-order chi connectivity index (χ0) is 9.42. The molecule has 1 fully saturated rings. The zero-order valence-corrected chi connectivity index (χ0v) is 8.95. The number of hydrogen-bond donors (Lipinski definition) is 1. The highest BCUT2D eigenvalue weighted by Gasteiger charge is 2.27. The quantitative estimate of drug-likeness (QED) is 0.865. The Labute approximate surface area is 85.4 Å². The van der Waals surface area contributed by atoms with Gasteiger partial charge in [-0.25, -0.2) is 9.97 Å². The van der Waals surface area contributed by atoms with Gasteiger partial charge in [-0.2, -0.15) is 0 Å². The molecule has 0 unspecified atom stereocenters. The first-order valence-electron chi connectivity index (χ1n) is 4.39. The van der Waals surface area contributed by atoms with E-state index in [4.69, 9.17) is 0 Å². The Balaban J connectivity index is 2.36. The molecule has 1 aliphatic rings. The summed E-state index contributed by atoms with van der Waals surface area (Å²) in [5.41, 5.74) is 0.692. The summed E-state index contributed by atoms with van der Waals surface area (Å²) >= 11 is 3.32. The van der Waals surface area contributed by atoms with Crippen LogP contribution < -0.4 is 0 Å². The van der Waals surface area contributed by atoms with E-state index in [1.165, 1.54) is 12.8 Å². The van der Waals surface area contributed by atoms with Crippen LogP contribution in [0.1, 0.15) is 43.3 Å². The van der Waals surface area contributed by atoms with Gasteiger partial charge in [0.15, 0.2) is 0 Å². The van der Waals surface area contributed by atoms with Gasteiger partial charge in [-0.05, 0) is 35.7 Å². The maximum Gasteiger partial charge on any atom is 0.131 e. The average molecular weight is 243 g/mol. The largest absolute Gasteiger partial charge is 0.387 e. The molecule has 1 aromatic heterocycles. The highest BCUT2D eigenvalue weighted by molar-refractivity contribution is 9.10. The standard InChI is InChI=1S/C9H11BrN2O/c1-5(13)8-7(10)4-11-9(12-8)6-2-3-6/h4-6,13H,2-3H2,1H3/t5-/m0/s1. The van der Waals surface area contributed by atoms with Crippen LogP contribution in [0.15, 0.2) is 10.7 Å². The van der Waals surface area contributed by atoms with Gasteiger partial charge in [0.1, 0.15) is 5.82 Å². The monoisotopic (exact) mass is 242 g/mol. The molecule has 0 radical (unpaired) electrons. The molecule has 1 N–H and O–H groups in total. The van der Waals surface area contributed by atoms with Crippen LogP contribution in [0, 0.1) is 0 Å². The minimum absolute atomic E-state index is 0.533. The molecule has 0 aromatic carbocycles. The van der Waals surface area contributed by atoms with Crippen LogP contribution in [-0.2, 0) is 0 Å². The molecule has 0 bridgehead atoms. The summed E-state index contributed by atoms with van der Waals surface area (Å²) in [5, 5.41) is 9.41. The van der Waals surface area contributed by atoms with E-state index in [9.17, 15) is 5.11 Å². The van der Waals surface area contributed by atoms with Crippen molar-refractivity contribution in [3.05, 3.63) is 22.2 Å². The molecule has 4 heteroatoms. The van der Waals surface area contributed by atoms with Gasteiger partial charge >= 0.3 is 0 Å². The molecule has 0 saturated heterocycles. The van der Waals surface area contributed by atoms with Gasteiger partial charge in [0.2, 0.25) is 0 Å². The van der Waals surface area contributed by atoms with Gasteiger partial charge in [-0.3, -0.25) is 0 Å². The highest BCUT2D eigenvalue weighted by Crippen LogP contribution is 2.38. The molecule has 2 rings (SSSR count). The van der Waals surface area contributed by atoms with E-state index in [2.05, 4.69) is 25.9 Å². The molecule has 1 atom stereocenters. The van der Waals surface area contributed by atoms with Crippen LogP contribution in [0.2, 0.25) is 0 Å². The van der Waals surface area contributed by atoms with E-state index < -0.39 is 6.10 Å². The first-order valence-corrected chi connectivity index (χ1v) is 5.18. The fourth-order valence-electron chi connectivity index (χ4n) is 1.23. The lowest BCUT2D eigenvalue weighted by molar-refractivity contribution is 0.193. The van der Waals surface area contributed by atoms with Crippen molar-refractivity contribution >= 4 is 15.9 Å². The second-order valence-electron chi connectivity index (χ2n) is 3.41. The summed E-state index contributed by atoms with van der Waals surface area (Å²) in [6, 6.07) is 0. The minimum Gasteiger partial charge on any atom is -0.387 e. The van der Waals surface area contributed by atoms with Gasteiger partial charge in [0.25, 0.3) is 0 Å². The fraction of sp³-hybridized carbons (Fsp3) is 0.556. The summed E-state index contributed by atoms with van der Waals surface area (Å²) in [4.78, 5) is 8.54. The second-order valence-corrected chi connectivity index (χ2v) is 4.27. The van der Waals surface area contributed by atoms with E-state index in [0.29, 0.717) is 11.6 Å². The molecule has 0 aliphatic heterocycles. The minimum atomic E-state index is -0.533. The summed E-state index contributed by atoms with van der Waals surface area (Å²) in [7, 11) is 0. The third-order valence-corrected chi connectivity index (χ3v) is 2.74. The molecule has 1 saturated carbocycles. The Kier molecular flexibility index (Phi) is 2.34. The topological polar surface area (TPSA) is 46.0 Å². The van der Waals surface area contributed by atoms with Crippen LogP contribution in [-0.4, -0.2) is 15.1 Å². The Morgan fingerprint density at radius 2 is 2.31 bits per heavy atom. The Morgan fingerprint density at radius 1 is 1.62 bits per heavy atom. The maximum absolute atomic E-state index is 9.41. The highest BCUT2D eigenvalue weighted by atomic mass is 79.9. The number of halogens is 1. The van der Waals surface area contributed by atoms with Gasteiger partial charge in [-0.1, -0.05) is 0 Å². The number of hydrogen-bond acceptors (Lipinski definition) is 3. The average Bonchev–Trinajstić information content (AvgIpc) is 2.87. The molecule has 1 aromatic rings. The lowest BCUT2D eigenvalue weighted by Crippen LogP contribution is -2.02. The van der Waals surface area contributed by atoms with Crippen LogP contribution in [0.4, 0.5) is 0 Å². The molecular weight excluding hydrogens is 232 g/mol. The number of nitrogens with zero attached hydrogens (tertiary/aromatic N) is 2. The predicted molar refractivity (Wildman–Crippen MR) is 52.3 cm³/mol. The Morgan fingerprint density at radius 3 is 2.85 bits per heavy atom. The number of aliphatic hydroxyl groups excluding tert-OH is 1. The summed E-state index contributed by atoms with van der Waals surface area (Å²) < 4.78 is 0.784. The van der Waals surface area contributed by atoms with E-state index in [1.54, 1.807) is 13.1 Å². The SMILES string of the molecule is C[C@H](O)c1nc(C2CC2)ncc1Br. The maximum atomic E-state index is 9.41. The first kappa shape index (κ1) is 9.09. The number of rotatable bonds is 2. The van der Waals surface area contributed by atoms with Crippen molar-refractivity contribution < 1.29 is 5.11 Å². The molecule has 0 amide bonds. The lowest BCUT2D eigenvalue weighted by atomic mass is 10.2. The lowest BCUT2D eigenvalue weighted by Gasteiger charge is -2.07. The van der Waals surface area contributed by atoms with Crippen molar-refractivity contribution in [1.82, 2.24) is 9.97 Å². The Hall–Kier alpha value is -0.480. The van der Waals surface area contributed by atoms with Gasteiger partial charge in [-0.15, -0.1) is 0 Å². The zero-order valence-electron chi connectivity index (χ0n) is 7.37. The summed E-state index contributed by atoms with van der Waals surface area (Å²) in [5.74, 6) is 1.41. The summed E-state index contributed by atoms with van der Waals surface area (Å²) in [6.07, 6.45) is 3.56. The first-order chi connectivity index (χ1) is 6.18. The van der Waals surface area contributed by atoms with Crippen molar-refractivity contribution in [2.45, 2.75) is 31.8 Å². The molecular formula is C9H11BrN2O. The van der Waals surface area contributed by atoms with E-state index in [1.807, 2.05) is 0 Å². The molecule has 3 nitrogen and oxygen atoms in total. The number of aromatic nitrogens is 2. The molecule has 13 heavy (non-hydrogen) atoms. The van der Waals surface area contributed by atoms with Crippen LogP contribution >= 0.6 is 15.9 Å². The van der Waals surface area contributed by atoms with Gasteiger partial charge < -0.3 is 5.11 Å². The molecule has 0 spiro atoms. The van der Waals surface area contributed by atoms with Crippen LogP contribution in [0.5, 0.6) is 0 Å². The molecule has 1 aliphatic carbocycles. The van der Waals surface area contributed by atoms with Crippen molar-refractivity contribution in [1.29, 1.82) is 0 Å². The van der Waals surface area contributed by atoms with Crippen molar-refractivity contribution in [2.24, 2.45) is 0 Å². The van der Waals surface area contributed by atoms with Gasteiger partial charge in [0.05, 0.1) is 16.3 Å². The predicted octanol–water partition coefficient (Wildman–Crippen LogP) is 2.17. The third kappa shape index (κ3) is 1.89. The number of aliphatic hydroxyl groups is 1. The second kappa shape index (κ2) is 3.35. The van der Waals surface area contributed by atoms with Crippen LogP contribution in [0.3, 0.4) is 0 Å². The van der Waals surface area contributed by atoms with Crippen molar-refractivity contribution in [3.8, 4) is 0 Å². The third-order valence-electron chi connectivity index (χ3n) is 2.13. The van der Waals surface area contributed by atoms with Crippen molar-refractivity contribution in [3.63, 3.8) is 0 Å². The molecule has 1 heterocycles. The Bertz CT molecular complexity index is 323. The molecule has 70 valence electrons. The van der Waals surface area contributed by atoms with Crippen LogP contribution in [0.25, 0.3) is 0 Å². The van der Waals surface area contributed by atoms with Crippen molar-refractivity contribution in [2.75, 3.05) is 0 Å². The summed E-state index contributed by atoms with van der Waals surface area (Å²) in [6.45, 7) is 1.71. The normalized spacial score (nSPS) is 18.7. The smallest absolute Gasteiger partial charge is 0.131 e. The fourth-order valence-corrected chi connectivity index (χ4v) is 1.75. The van der Waals surface area contributed by atoms with E-state index >= 15 is 0 Å². The van der Waals surface area contributed by atoms with E-state index in [0.717, 1.165) is 10.3 Å². The van der Waals surface area contributed by atoms with E-state index in [-0.39, 0.29) is 0 Å².